The zero-order valence-electron chi connectivity index (χ0n) is 11.5. The van der Waals surface area contributed by atoms with Crippen molar-refractivity contribution in [3.63, 3.8) is 0 Å². The van der Waals surface area contributed by atoms with Gasteiger partial charge in [-0.1, -0.05) is 17.2 Å². The molecule has 0 bridgehead atoms. The first kappa shape index (κ1) is 15.6. The molecule has 0 aliphatic heterocycles. The first-order chi connectivity index (χ1) is 9.84. The number of non-ortho nitro benzene ring substituents is 1. The molecule has 0 aromatic heterocycles. The lowest BCUT2D eigenvalue weighted by Crippen LogP contribution is -2.31. The minimum atomic E-state index is -1.13. The van der Waals surface area contributed by atoms with Gasteiger partial charge in [-0.15, -0.1) is 0 Å². The van der Waals surface area contributed by atoms with Crippen LogP contribution in [0.2, 0.25) is 0 Å². The van der Waals surface area contributed by atoms with Gasteiger partial charge >= 0.3 is 6.09 Å². The summed E-state index contributed by atoms with van der Waals surface area (Å²) in [4.78, 5) is 21.0. The summed E-state index contributed by atoms with van der Waals surface area (Å²) in [6.45, 7) is 0.267. The van der Waals surface area contributed by atoms with Gasteiger partial charge < -0.3 is 15.0 Å². The van der Waals surface area contributed by atoms with Gasteiger partial charge in [0.2, 0.25) is 0 Å². The quantitative estimate of drug-likeness (QED) is 0.472. The maximum Gasteiger partial charge on any atom is 0.404 e. The van der Waals surface area contributed by atoms with Gasteiger partial charge in [0.05, 0.1) is 11.2 Å². The number of benzene rings is 1. The summed E-state index contributed by atoms with van der Waals surface area (Å²) in [7, 11) is 0. The predicted octanol–water partition coefficient (Wildman–Crippen LogP) is 1.77. The summed E-state index contributed by atoms with van der Waals surface area (Å²) in [5.74, 6) is 0.228. The number of nitrogens with one attached hydrogen (secondary N) is 1. The molecule has 1 atom stereocenters. The smallest absolute Gasteiger partial charge is 0.404 e. The van der Waals surface area contributed by atoms with Gasteiger partial charge in [-0.05, 0) is 18.4 Å². The van der Waals surface area contributed by atoms with Gasteiger partial charge in [-0.2, -0.15) is 0 Å². The molecule has 2 rings (SSSR count). The molecule has 1 unspecified atom stereocenters. The van der Waals surface area contributed by atoms with E-state index in [-0.39, 0.29) is 23.4 Å². The van der Waals surface area contributed by atoms with Crippen LogP contribution in [-0.4, -0.2) is 33.5 Å². The Kier molecular flexibility index (Phi) is 4.38. The van der Waals surface area contributed by atoms with Crippen LogP contribution < -0.4 is 5.32 Å². The molecule has 0 saturated heterocycles. The first-order valence-electron chi connectivity index (χ1n) is 6.39. The topological polar surface area (TPSA) is 116 Å². The fourth-order valence-electron chi connectivity index (χ4n) is 2.49. The zero-order chi connectivity index (χ0) is 15.6. The van der Waals surface area contributed by atoms with Crippen molar-refractivity contribution in [2.45, 2.75) is 24.0 Å². The monoisotopic (exact) mass is 312 g/mol. The van der Waals surface area contributed by atoms with Crippen molar-refractivity contribution >= 4 is 23.0 Å². The van der Waals surface area contributed by atoms with Gasteiger partial charge in [0.1, 0.15) is 5.75 Å². The molecule has 1 aliphatic rings. The molecule has 21 heavy (non-hydrogen) atoms. The Hall–Kier alpha value is -1.80. The Bertz CT molecular complexity index is 572. The average molecular weight is 312 g/mol. The minimum absolute atomic E-state index is 0.0406. The molecule has 7 nitrogen and oxygen atoms in total. The van der Waals surface area contributed by atoms with Crippen LogP contribution in [0.4, 0.5) is 10.5 Å². The maximum atomic E-state index is 11.5. The zero-order valence-corrected chi connectivity index (χ0v) is 12.3. The molecule has 1 aromatic rings. The summed E-state index contributed by atoms with van der Waals surface area (Å²) >= 11 is -1.13. The second-order valence-corrected chi connectivity index (χ2v) is 6.69. The molecule has 1 fully saturated rings. The number of carboxylic acid groups (broad SMARTS) is 1. The van der Waals surface area contributed by atoms with E-state index in [0.29, 0.717) is 5.56 Å². The lowest BCUT2D eigenvalue weighted by atomic mass is 9.91. The van der Waals surface area contributed by atoms with E-state index in [1.54, 1.807) is 6.07 Å². The molecule has 0 heterocycles. The van der Waals surface area contributed by atoms with E-state index in [1.165, 1.54) is 18.4 Å². The van der Waals surface area contributed by atoms with Crippen LogP contribution in [0.5, 0.6) is 0 Å². The molecule has 0 spiro atoms. The highest BCUT2D eigenvalue weighted by Gasteiger charge is 2.46. The van der Waals surface area contributed by atoms with E-state index in [4.69, 9.17) is 5.11 Å². The highest BCUT2D eigenvalue weighted by molar-refractivity contribution is 7.89. The predicted molar refractivity (Wildman–Crippen MR) is 77.8 cm³/mol. The third kappa shape index (κ3) is 3.64. The van der Waals surface area contributed by atoms with Crippen molar-refractivity contribution in [3.8, 4) is 0 Å². The number of nitro groups is 1. The number of nitro benzene ring substituents is 1. The molecule has 1 aliphatic carbocycles. The third-order valence-electron chi connectivity index (χ3n) is 3.66. The second-order valence-electron chi connectivity index (χ2n) is 5.26. The number of nitrogens with zero attached hydrogens (tertiary/aromatic N) is 1. The van der Waals surface area contributed by atoms with E-state index in [0.717, 1.165) is 18.4 Å². The van der Waals surface area contributed by atoms with Crippen molar-refractivity contribution in [3.05, 3.63) is 39.4 Å². The van der Waals surface area contributed by atoms with Crippen LogP contribution in [0.25, 0.3) is 0 Å². The standard InChI is InChI=1S/C13H16N2O5S/c1-21(20)7-9-6-10(15(18)19)2-3-11(9)13(4-5-13)8-14-12(16)17/h2-3,6,14H,4-5,7-8H2,1H3,(H,16,17). The van der Waals surface area contributed by atoms with Crippen molar-refractivity contribution in [1.29, 1.82) is 0 Å². The van der Waals surface area contributed by atoms with Gasteiger partial charge in [0.25, 0.3) is 5.69 Å². The fraction of sp³-hybridized carbons (Fsp3) is 0.462. The SMILES string of the molecule is C[S+]([O-])Cc1cc([N+](=O)[O-])ccc1C1(CNC(=O)O)CC1. The van der Waals surface area contributed by atoms with Crippen LogP contribution >= 0.6 is 0 Å². The summed E-state index contributed by atoms with van der Waals surface area (Å²) in [6, 6.07) is 4.52. The lowest BCUT2D eigenvalue weighted by Gasteiger charge is -2.19. The van der Waals surface area contributed by atoms with Crippen LogP contribution in [0.1, 0.15) is 24.0 Å². The van der Waals surface area contributed by atoms with Gasteiger partial charge in [-0.3, -0.25) is 10.1 Å². The molecule has 1 aromatic carbocycles. The van der Waals surface area contributed by atoms with Gasteiger partial charge in [0.15, 0.2) is 0 Å². The highest BCUT2D eigenvalue weighted by Crippen LogP contribution is 2.49. The summed E-state index contributed by atoms with van der Waals surface area (Å²) < 4.78 is 11.5. The largest absolute Gasteiger partial charge is 0.616 e. The van der Waals surface area contributed by atoms with E-state index in [9.17, 15) is 19.5 Å². The summed E-state index contributed by atoms with van der Waals surface area (Å²) in [5.41, 5.74) is 1.16. The Morgan fingerprint density at radius 2 is 2.19 bits per heavy atom. The van der Waals surface area contributed by atoms with Crippen molar-refractivity contribution in [2.75, 3.05) is 12.8 Å². The molecular formula is C13H16N2O5S. The Morgan fingerprint density at radius 3 is 2.67 bits per heavy atom. The molecule has 114 valence electrons. The van der Waals surface area contributed by atoms with Crippen molar-refractivity contribution < 1.29 is 19.4 Å². The number of carbonyl (C=O) groups is 1. The average Bonchev–Trinajstić information content (AvgIpc) is 3.16. The number of amides is 1. The summed E-state index contributed by atoms with van der Waals surface area (Å²) in [5, 5.41) is 22.0. The number of rotatable bonds is 6. The normalized spacial score (nSPS) is 17.0. The molecule has 8 heteroatoms. The highest BCUT2D eigenvalue weighted by atomic mass is 32.2. The van der Waals surface area contributed by atoms with Crippen molar-refractivity contribution in [1.82, 2.24) is 5.32 Å². The Morgan fingerprint density at radius 1 is 1.52 bits per heavy atom. The number of hydrogen-bond donors (Lipinski definition) is 2. The summed E-state index contributed by atoms with van der Waals surface area (Å²) in [6.07, 6.45) is 2.07. The molecule has 2 N–H and O–H groups in total. The molecule has 0 radical (unpaired) electrons. The Labute approximate surface area is 124 Å². The van der Waals surface area contributed by atoms with E-state index in [1.807, 2.05) is 0 Å². The van der Waals surface area contributed by atoms with Crippen LogP contribution in [0.15, 0.2) is 18.2 Å². The number of hydrogen-bond acceptors (Lipinski definition) is 4. The lowest BCUT2D eigenvalue weighted by molar-refractivity contribution is -0.384. The Balaban J connectivity index is 2.33. The van der Waals surface area contributed by atoms with Gasteiger partial charge in [0, 0.05) is 29.7 Å². The molecule has 1 saturated carbocycles. The second kappa shape index (κ2) is 5.90. The maximum absolute atomic E-state index is 11.5. The van der Waals surface area contributed by atoms with Crippen LogP contribution in [0, 0.1) is 10.1 Å². The fourth-order valence-corrected chi connectivity index (χ4v) is 3.16. The molecule has 1 amide bonds. The van der Waals surface area contributed by atoms with E-state index in [2.05, 4.69) is 5.32 Å². The van der Waals surface area contributed by atoms with E-state index < -0.39 is 22.2 Å². The minimum Gasteiger partial charge on any atom is -0.616 e. The van der Waals surface area contributed by atoms with Crippen LogP contribution in [-0.2, 0) is 22.3 Å². The third-order valence-corrected chi connectivity index (χ3v) is 4.38. The van der Waals surface area contributed by atoms with Crippen molar-refractivity contribution in [2.24, 2.45) is 0 Å². The van der Waals surface area contributed by atoms with E-state index >= 15 is 0 Å². The van der Waals surface area contributed by atoms with Crippen LogP contribution in [0.3, 0.4) is 0 Å². The van der Waals surface area contributed by atoms with Gasteiger partial charge in [-0.25, -0.2) is 4.79 Å². The first-order valence-corrected chi connectivity index (χ1v) is 8.11. The molecular weight excluding hydrogens is 296 g/mol.